The molecule has 0 bridgehead atoms. The van der Waals surface area contributed by atoms with Gasteiger partial charge >= 0.3 is 0 Å². The third-order valence-corrected chi connectivity index (χ3v) is 5.51. The molecule has 1 fully saturated rings. The minimum atomic E-state index is -0.624. The fourth-order valence-electron chi connectivity index (χ4n) is 2.70. The molecule has 2 N–H and O–H groups in total. The molecule has 2 aromatic rings. The minimum absolute atomic E-state index is 0.0589. The predicted molar refractivity (Wildman–Crippen MR) is 119 cm³/mol. The van der Waals surface area contributed by atoms with E-state index in [0.717, 1.165) is 21.8 Å². The maximum atomic E-state index is 12.7. The lowest BCUT2D eigenvalue weighted by Gasteiger charge is -2.15. The number of imide groups is 1. The number of halogens is 1. The number of nitrogens with two attached hydrogens (primary N) is 1. The molecule has 1 atom stereocenters. The third kappa shape index (κ3) is 5.45. The molecule has 1 heterocycles. The van der Waals surface area contributed by atoms with Crippen molar-refractivity contribution in [3.05, 3.63) is 58.6 Å². The van der Waals surface area contributed by atoms with Crippen LogP contribution in [0.2, 0.25) is 0 Å². The standard InChI is InChI=1S/C20H19BrN4O3S/c1-2-28-16-9-7-15(8-10-16)25-18(26)11-17(19(25)27)29-20(22)24-23-12-13-3-5-14(21)6-4-13/h3-10,12,17H,2,11H2,1H3,(H2,22,24). The number of nitrogens with zero attached hydrogens (tertiary/aromatic N) is 3. The van der Waals surface area contributed by atoms with E-state index in [-0.39, 0.29) is 23.4 Å². The van der Waals surface area contributed by atoms with Gasteiger partial charge in [0.2, 0.25) is 11.8 Å². The molecule has 1 aliphatic rings. The Morgan fingerprint density at radius 1 is 1.24 bits per heavy atom. The van der Waals surface area contributed by atoms with Gasteiger partial charge in [-0.1, -0.05) is 39.8 Å². The molecule has 29 heavy (non-hydrogen) atoms. The Morgan fingerprint density at radius 3 is 2.59 bits per heavy atom. The highest BCUT2D eigenvalue weighted by molar-refractivity contribution is 9.10. The van der Waals surface area contributed by atoms with Crippen LogP contribution in [0.4, 0.5) is 5.69 Å². The molecule has 3 rings (SSSR count). The van der Waals surface area contributed by atoms with Crippen molar-refractivity contribution in [2.75, 3.05) is 11.5 Å². The van der Waals surface area contributed by atoms with Crippen molar-refractivity contribution in [3.8, 4) is 5.75 Å². The van der Waals surface area contributed by atoms with Crippen molar-refractivity contribution in [3.63, 3.8) is 0 Å². The van der Waals surface area contributed by atoms with Crippen LogP contribution in [0.1, 0.15) is 18.9 Å². The molecular formula is C20H19BrN4O3S. The van der Waals surface area contributed by atoms with E-state index in [9.17, 15) is 9.59 Å². The van der Waals surface area contributed by atoms with E-state index in [4.69, 9.17) is 10.5 Å². The van der Waals surface area contributed by atoms with E-state index in [2.05, 4.69) is 26.1 Å². The smallest absolute Gasteiger partial charge is 0.247 e. The van der Waals surface area contributed by atoms with Crippen LogP contribution >= 0.6 is 27.7 Å². The Morgan fingerprint density at radius 2 is 1.93 bits per heavy atom. The number of amidine groups is 1. The summed E-state index contributed by atoms with van der Waals surface area (Å²) in [4.78, 5) is 26.2. The lowest BCUT2D eigenvalue weighted by Crippen LogP contribution is -2.31. The van der Waals surface area contributed by atoms with Crippen molar-refractivity contribution in [2.24, 2.45) is 15.9 Å². The number of carbonyl (C=O) groups excluding carboxylic acids is 2. The number of carbonyl (C=O) groups is 2. The molecule has 1 unspecified atom stereocenters. The maximum Gasteiger partial charge on any atom is 0.247 e. The predicted octanol–water partition coefficient (Wildman–Crippen LogP) is 3.56. The molecule has 0 aromatic heterocycles. The lowest BCUT2D eigenvalue weighted by atomic mass is 10.2. The fourth-order valence-corrected chi connectivity index (χ4v) is 3.78. The normalized spacial score (nSPS) is 17.4. The Hall–Kier alpha value is -2.65. The van der Waals surface area contributed by atoms with Gasteiger partial charge in [0.15, 0.2) is 5.17 Å². The third-order valence-electron chi connectivity index (χ3n) is 4.01. The van der Waals surface area contributed by atoms with Gasteiger partial charge in [0.25, 0.3) is 0 Å². The van der Waals surface area contributed by atoms with Crippen LogP contribution in [-0.2, 0) is 9.59 Å². The SMILES string of the molecule is CCOc1ccc(N2C(=O)CC(SC(N)=NN=Cc3ccc(Br)cc3)C2=O)cc1. The van der Waals surface area contributed by atoms with Crippen molar-refractivity contribution in [1.29, 1.82) is 0 Å². The summed E-state index contributed by atoms with van der Waals surface area (Å²) in [6.45, 7) is 2.43. The molecule has 2 aromatic carbocycles. The Kier molecular flexibility index (Phi) is 7.05. The van der Waals surface area contributed by atoms with E-state index < -0.39 is 5.25 Å². The van der Waals surface area contributed by atoms with Crippen LogP contribution in [0.3, 0.4) is 0 Å². The Bertz CT molecular complexity index is 945. The average molecular weight is 475 g/mol. The average Bonchev–Trinajstić information content (AvgIpc) is 2.97. The summed E-state index contributed by atoms with van der Waals surface area (Å²) in [6.07, 6.45) is 1.62. The highest BCUT2D eigenvalue weighted by Crippen LogP contribution is 2.30. The summed E-state index contributed by atoms with van der Waals surface area (Å²) in [5.41, 5.74) is 7.25. The number of benzene rings is 2. The number of anilines is 1. The first-order valence-electron chi connectivity index (χ1n) is 8.86. The molecule has 9 heteroatoms. The second-order valence-corrected chi connectivity index (χ2v) is 8.18. The van der Waals surface area contributed by atoms with Crippen molar-refractivity contribution in [2.45, 2.75) is 18.6 Å². The zero-order chi connectivity index (χ0) is 20.8. The number of thioether (sulfide) groups is 1. The number of hydrogen-bond donors (Lipinski definition) is 1. The first-order valence-corrected chi connectivity index (χ1v) is 10.5. The Balaban J connectivity index is 1.63. The molecule has 150 valence electrons. The van der Waals surface area contributed by atoms with Gasteiger partial charge in [-0.2, -0.15) is 5.10 Å². The van der Waals surface area contributed by atoms with Crippen molar-refractivity contribution < 1.29 is 14.3 Å². The van der Waals surface area contributed by atoms with Gasteiger partial charge in [0, 0.05) is 10.9 Å². The lowest BCUT2D eigenvalue weighted by molar-refractivity contribution is -0.121. The highest BCUT2D eigenvalue weighted by atomic mass is 79.9. The zero-order valence-electron chi connectivity index (χ0n) is 15.6. The molecule has 1 aliphatic heterocycles. The maximum absolute atomic E-state index is 12.7. The Labute approximate surface area is 181 Å². The monoisotopic (exact) mass is 474 g/mol. The summed E-state index contributed by atoms with van der Waals surface area (Å²) >= 11 is 4.40. The van der Waals surface area contributed by atoms with E-state index in [1.165, 1.54) is 4.90 Å². The van der Waals surface area contributed by atoms with Gasteiger partial charge in [-0.3, -0.25) is 9.59 Å². The van der Waals surface area contributed by atoms with Crippen molar-refractivity contribution >= 4 is 56.6 Å². The summed E-state index contributed by atoms with van der Waals surface area (Å²) in [6, 6.07) is 14.4. The summed E-state index contributed by atoms with van der Waals surface area (Å²) < 4.78 is 6.35. The molecule has 7 nitrogen and oxygen atoms in total. The van der Waals surface area contributed by atoms with Gasteiger partial charge in [0.05, 0.1) is 18.5 Å². The zero-order valence-corrected chi connectivity index (χ0v) is 18.0. The summed E-state index contributed by atoms with van der Waals surface area (Å²) in [7, 11) is 0. The molecule has 0 spiro atoms. The van der Waals surface area contributed by atoms with Gasteiger partial charge in [0.1, 0.15) is 11.0 Å². The van der Waals surface area contributed by atoms with E-state index in [0.29, 0.717) is 18.0 Å². The van der Waals surface area contributed by atoms with Crippen LogP contribution in [0.5, 0.6) is 5.75 Å². The van der Waals surface area contributed by atoms with E-state index >= 15 is 0 Å². The van der Waals surface area contributed by atoms with Crippen LogP contribution in [0.25, 0.3) is 0 Å². The minimum Gasteiger partial charge on any atom is -0.494 e. The highest BCUT2D eigenvalue weighted by Gasteiger charge is 2.40. The number of amides is 2. The first-order chi connectivity index (χ1) is 14.0. The fraction of sp³-hybridized carbons (Fsp3) is 0.200. The van der Waals surface area contributed by atoms with E-state index in [1.807, 2.05) is 31.2 Å². The number of ether oxygens (including phenoxy) is 1. The number of hydrogen-bond acceptors (Lipinski definition) is 6. The van der Waals surface area contributed by atoms with Gasteiger partial charge in [-0.25, -0.2) is 4.90 Å². The van der Waals surface area contributed by atoms with Crippen LogP contribution in [0.15, 0.2) is 63.2 Å². The second-order valence-electron chi connectivity index (χ2n) is 6.04. The molecular weight excluding hydrogens is 456 g/mol. The topological polar surface area (TPSA) is 97.3 Å². The van der Waals surface area contributed by atoms with Crippen LogP contribution < -0.4 is 15.4 Å². The summed E-state index contributed by atoms with van der Waals surface area (Å²) in [5, 5.41) is 7.35. The van der Waals surface area contributed by atoms with Crippen molar-refractivity contribution in [1.82, 2.24) is 0 Å². The molecule has 0 saturated carbocycles. The molecule has 0 aliphatic carbocycles. The summed E-state index contributed by atoms with van der Waals surface area (Å²) in [5.74, 6) is 0.0864. The van der Waals surface area contributed by atoms with Gasteiger partial charge in [-0.15, -0.1) is 5.10 Å². The van der Waals surface area contributed by atoms with Gasteiger partial charge in [-0.05, 0) is 48.9 Å². The van der Waals surface area contributed by atoms with E-state index in [1.54, 1.807) is 30.5 Å². The second kappa shape index (κ2) is 9.71. The number of rotatable bonds is 6. The van der Waals surface area contributed by atoms with Crippen LogP contribution in [-0.4, -0.2) is 35.1 Å². The molecule has 2 amide bonds. The van der Waals surface area contributed by atoms with Gasteiger partial charge < -0.3 is 10.5 Å². The van der Waals surface area contributed by atoms with Crippen LogP contribution in [0, 0.1) is 0 Å². The molecule has 1 saturated heterocycles. The molecule has 0 radical (unpaired) electrons. The quantitative estimate of drug-likeness (QED) is 0.298. The first kappa shape index (κ1) is 21.1. The largest absolute Gasteiger partial charge is 0.494 e.